The van der Waals surface area contributed by atoms with Crippen molar-refractivity contribution >= 4 is 33.2 Å². The standard InChI is InChI=1S/C27H26N2O6S/c1-3-23(26(30)31)35-21-12-10-20(11-13-21)34-16-15-29-22-14-9-19(17-24(22)36-27(29)32)25(28-33-2)18-7-5-4-6-8-18/h4-14,17,23H,3,15-16H2,1-2H3,(H,30,31)/b28-25+. The second-order valence-electron chi connectivity index (χ2n) is 7.86. The van der Waals surface area contributed by atoms with Crippen LogP contribution in [0, 0.1) is 0 Å². The van der Waals surface area contributed by atoms with Gasteiger partial charge in [0.05, 0.1) is 16.8 Å². The molecule has 0 aliphatic rings. The molecule has 1 N–H and O–H groups in total. The second kappa shape index (κ2) is 11.5. The lowest BCUT2D eigenvalue weighted by Gasteiger charge is -2.13. The van der Waals surface area contributed by atoms with E-state index in [1.807, 2.05) is 48.5 Å². The first-order valence-electron chi connectivity index (χ1n) is 11.4. The number of nitrogens with zero attached hydrogens (tertiary/aromatic N) is 2. The number of hydrogen-bond donors (Lipinski definition) is 1. The first-order chi connectivity index (χ1) is 17.5. The number of thiazole rings is 1. The number of oxime groups is 1. The van der Waals surface area contributed by atoms with Crippen molar-refractivity contribution in [1.82, 2.24) is 4.57 Å². The van der Waals surface area contributed by atoms with Crippen LogP contribution in [0.5, 0.6) is 11.5 Å². The molecule has 0 aliphatic heterocycles. The van der Waals surface area contributed by atoms with E-state index in [9.17, 15) is 9.59 Å². The molecule has 1 aromatic heterocycles. The van der Waals surface area contributed by atoms with Crippen molar-refractivity contribution in [2.24, 2.45) is 5.16 Å². The lowest BCUT2D eigenvalue weighted by molar-refractivity contribution is -0.145. The van der Waals surface area contributed by atoms with E-state index in [1.54, 1.807) is 35.8 Å². The van der Waals surface area contributed by atoms with Gasteiger partial charge in [0.2, 0.25) is 0 Å². The monoisotopic (exact) mass is 506 g/mol. The Labute approximate surface area is 212 Å². The van der Waals surface area contributed by atoms with Crippen LogP contribution < -0.4 is 14.3 Å². The molecular formula is C27H26N2O6S. The third-order valence-electron chi connectivity index (χ3n) is 5.50. The van der Waals surface area contributed by atoms with Crippen LogP contribution >= 0.6 is 11.3 Å². The molecule has 4 rings (SSSR count). The van der Waals surface area contributed by atoms with Crippen LogP contribution in [0.15, 0.2) is 82.7 Å². The van der Waals surface area contributed by atoms with E-state index in [0.29, 0.717) is 36.8 Å². The zero-order valence-corrected chi connectivity index (χ0v) is 20.7. The highest BCUT2D eigenvalue weighted by molar-refractivity contribution is 7.16. The molecule has 3 aromatic carbocycles. The third-order valence-corrected chi connectivity index (χ3v) is 6.45. The summed E-state index contributed by atoms with van der Waals surface area (Å²) in [6.07, 6.45) is -0.522. The molecule has 0 bridgehead atoms. The highest BCUT2D eigenvalue weighted by Crippen LogP contribution is 2.23. The van der Waals surface area contributed by atoms with Crippen molar-refractivity contribution in [2.75, 3.05) is 13.7 Å². The van der Waals surface area contributed by atoms with Crippen molar-refractivity contribution in [3.05, 3.63) is 93.6 Å². The summed E-state index contributed by atoms with van der Waals surface area (Å²) in [5.74, 6) is 0.0591. The van der Waals surface area contributed by atoms with E-state index < -0.39 is 12.1 Å². The van der Waals surface area contributed by atoms with Crippen LogP contribution in [0.2, 0.25) is 0 Å². The minimum Gasteiger partial charge on any atom is -0.492 e. The molecule has 0 fully saturated rings. The van der Waals surface area contributed by atoms with E-state index in [2.05, 4.69) is 5.16 Å². The molecule has 0 saturated carbocycles. The van der Waals surface area contributed by atoms with Crippen molar-refractivity contribution < 1.29 is 24.2 Å². The Balaban J connectivity index is 1.45. The van der Waals surface area contributed by atoms with Gasteiger partial charge >= 0.3 is 10.8 Å². The normalized spacial score (nSPS) is 12.3. The van der Waals surface area contributed by atoms with Gasteiger partial charge in [0.15, 0.2) is 6.10 Å². The number of carboxylic acids is 1. The van der Waals surface area contributed by atoms with Crippen molar-refractivity contribution in [3.8, 4) is 11.5 Å². The number of rotatable bonds is 11. The summed E-state index contributed by atoms with van der Waals surface area (Å²) < 4.78 is 13.8. The van der Waals surface area contributed by atoms with E-state index in [0.717, 1.165) is 21.3 Å². The summed E-state index contributed by atoms with van der Waals surface area (Å²) in [7, 11) is 1.51. The van der Waals surface area contributed by atoms with Crippen LogP contribution in [0.25, 0.3) is 10.2 Å². The smallest absolute Gasteiger partial charge is 0.344 e. The molecule has 0 amide bonds. The molecule has 1 heterocycles. The minimum atomic E-state index is -0.999. The molecule has 0 aliphatic carbocycles. The van der Waals surface area contributed by atoms with Crippen molar-refractivity contribution in [1.29, 1.82) is 0 Å². The fraction of sp³-hybridized carbons (Fsp3) is 0.222. The maximum absolute atomic E-state index is 12.7. The molecule has 186 valence electrons. The van der Waals surface area contributed by atoms with E-state index in [-0.39, 0.29) is 4.87 Å². The summed E-state index contributed by atoms with van der Waals surface area (Å²) in [6.45, 7) is 2.43. The van der Waals surface area contributed by atoms with E-state index in [4.69, 9.17) is 19.4 Å². The SMILES string of the molecule is CCC(Oc1ccc(OCCn2c(=O)sc3cc(/C(=N/OC)c4ccccc4)ccc32)cc1)C(=O)O. The van der Waals surface area contributed by atoms with Gasteiger partial charge in [0, 0.05) is 11.1 Å². The lowest BCUT2D eigenvalue weighted by Crippen LogP contribution is -2.25. The number of aliphatic carboxylic acids is 1. The summed E-state index contributed by atoms with van der Waals surface area (Å²) in [5, 5.41) is 13.3. The number of fused-ring (bicyclic) bond motifs is 1. The Morgan fingerprint density at radius 3 is 2.42 bits per heavy atom. The first-order valence-corrected chi connectivity index (χ1v) is 12.2. The van der Waals surface area contributed by atoms with Crippen LogP contribution in [0.3, 0.4) is 0 Å². The van der Waals surface area contributed by atoms with Crippen molar-refractivity contribution in [2.45, 2.75) is 26.0 Å². The summed E-state index contributed by atoms with van der Waals surface area (Å²) in [6, 6.07) is 22.3. The van der Waals surface area contributed by atoms with Crippen LogP contribution in [-0.2, 0) is 16.2 Å². The van der Waals surface area contributed by atoms with Gasteiger partial charge in [0.1, 0.15) is 30.9 Å². The maximum Gasteiger partial charge on any atom is 0.344 e. The Morgan fingerprint density at radius 1 is 1.03 bits per heavy atom. The number of hydrogen-bond acceptors (Lipinski definition) is 7. The van der Waals surface area contributed by atoms with Gasteiger partial charge in [0.25, 0.3) is 0 Å². The van der Waals surface area contributed by atoms with Crippen LogP contribution in [0.1, 0.15) is 24.5 Å². The molecule has 36 heavy (non-hydrogen) atoms. The van der Waals surface area contributed by atoms with Gasteiger partial charge in [-0.15, -0.1) is 0 Å². The fourth-order valence-corrected chi connectivity index (χ4v) is 4.68. The van der Waals surface area contributed by atoms with Gasteiger partial charge in [-0.1, -0.05) is 59.8 Å². The number of aromatic nitrogens is 1. The predicted molar refractivity (Wildman–Crippen MR) is 139 cm³/mol. The van der Waals surface area contributed by atoms with Crippen molar-refractivity contribution in [3.63, 3.8) is 0 Å². The van der Waals surface area contributed by atoms with Gasteiger partial charge in [-0.25, -0.2) is 4.79 Å². The largest absolute Gasteiger partial charge is 0.492 e. The number of carbonyl (C=O) groups is 1. The third kappa shape index (κ3) is 5.75. The maximum atomic E-state index is 12.7. The number of carboxylic acid groups (broad SMARTS) is 1. The quantitative estimate of drug-likeness (QED) is 0.232. The van der Waals surface area contributed by atoms with Gasteiger partial charge in [-0.3, -0.25) is 9.36 Å². The van der Waals surface area contributed by atoms with Crippen LogP contribution in [0.4, 0.5) is 0 Å². The highest BCUT2D eigenvalue weighted by atomic mass is 32.1. The van der Waals surface area contributed by atoms with Gasteiger partial charge in [-0.2, -0.15) is 0 Å². The molecule has 1 unspecified atom stereocenters. The molecular weight excluding hydrogens is 480 g/mol. The molecule has 9 heteroatoms. The molecule has 0 saturated heterocycles. The second-order valence-corrected chi connectivity index (χ2v) is 8.86. The topological polar surface area (TPSA) is 99.4 Å². The molecule has 0 spiro atoms. The summed E-state index contributed by atoms with van der Waals surface area (Å²) in [4.78, 5) is 28.8. The van der Waals surface area contributed by atoms with Gasteiger partial charge < -0.3 is 19.4 Å². The van der Waals surface area contributed by atoms with Crippen LogP contribution in [-0.4, -0.2) is 41.2 Å². The zero-order valence-electron chi connectivity index (χ0n) is 19.9. The molecule has 0 radical (unpaired) electrons. The Bertz CT molecular complexity index is 1410. The highest BCUT2D eigenvalue weighted by Gasteiger charge is 2.17. The molecule has 8 nitrogen and oxygen atoms in total. The lowest BCUT2D eigenvalue weighted by atomic mass is 10.0. The van der Waals surface area contributed by atoms with E-state index in [1.165, 1.54) is 18.4 Å². The average molecular weight is 507 g/mol. The fourth-order valence-electron chi connectivity index (χ4n) is 3.73. The first kappa shape index (κ1) is 25.0. The number of benzene rings is 3. The predicted octanol–water partition coefficient (Wildman–Crippen LogP) is 4.78. The Hall–Kier alpha value is -4.11. The molecule has 4 aromatic rings. The zero-order chi connectivity index (χ0) is 25.5. The Morgan fingerprint density at radius 2 is 1.75 bits per heavy atom. The van der Waals surface area contributed by atoms with Gasteiger partial charge in [-0.05, 0) is 42.8 Å². The number of ether oxygens (including phenoxy) is 2. The summed E-state index contributed by atoms with van der Waals surface area (Å²) >= 11 is 1.17. The average Bonchev–Trinajstić information content (AvgIpc) is 3.21. The molecule has 1 atom stereocenters. The van der Waals surface area contributed by atoms with E-state index >= 15 is 0 Å². The minimum absolute atomic E-state index is 0.0706. The Kier molecular flexibility index (Phi) is 8.02. The summed E-state index contributed by atoms with van der Waals surface area (Å²) in [5.41, 5.74) is 3.29.